The van der Waals surface area contributed by atoms with Crippen molar-refractivity contribution in [3.05, 3.63) is 87.6 Å². The largest absolute Gasteiger partial charge is 2.00 e. The van der Waals surface area contributed by atoms with Gasteiger partial charge in [-0.25, -0.2) is 0 Å². The Bertz CT molecular complexity index is 181. The van der Waals surface area contributed by atoms with Crippen LogP contribution in [0.2, 0.25) is 0 Å². The Balaban J connectivity index is -0.0000000212. The van der Waals surface area contributed by atoms with Crippen molar-refractivity contribution in [1.82, 2.24) is 0 Å². The molecule has 0 N–H and O–H groups in total. The Morgan fingerprint density at radius 3 is 0.391 bits per heavy atom. The molecule has 0 aromatic heterocycles. The molecule has 0 aliphatic heterocycles. The van der Waals surface area contributed by atoms with Crippen molar-refractivity contribution in [2.75, 3.05) is 0 Å². The fraction of sp³-hybridized carbons (Fsp3) is 0.364. The minimum atomic E-state index is 0. The first-order valence-corrected chi connectivity index (χ1v) is 7.00. The van der Waals surface area contributed by atoms with Gasteiger partial charge in [0.05, 0.1) is 0 Å². The molecule has 0 aliphatic rings. The molecule has 0 saturated heterocycles. The summed E-state index contributed by atoms with van der Waals surface area (Å²) in [5, 5.41) is 0. The van der Waals surface area contributed by atoms with Gasteiger partial charge < -0.3 is 14.9 Å². The third-order valence-corrected chi connectivity index (χ3v) is 1.33. The van der Waals surface area contributed by atoms with E-state index in [1.807, 2.05) is 114 Å². The van der Waals surface area contributed by atoms with Crippen LogP contribution in [0.3, 0.4) is 0 Å². The quantitative estimate of drug-likeness (QED) is 0.323. The molecule has 0 bridgehead atoms. The zero-order valence-electron chi connectivity index (χ0n) is 15.3. The van der Waals surface area contributed by atoms with Gasteiger partial charge >= 0.3 is 21.1 Å². The summed E-state index contributed by atoms with van der Waals surface area (Å²) in [7, 11) is 0. The molecule has 0 nitrogen and oxygen atoms in total. The van der Waals surface area contributed by atoms with E-state index in [4.69, 9.17) is 0 Å². The topological polar surface area (TPSA) is 0 Å². The monoisotopic (exact) mass is 492 g/mol. The van der Waals surface area contributed by atoms with Gasteiger partial charge in [-0.15, -0.1) is 0 Å². The molecular formula is C22H44W. The minimum absolute atomic E-state index is 0. The van der Waals surface area contributed by atoms with Gasteiger partial charge in [-0.3, -0.25) is 0 Å². The minimum Gasteiger partial charge on any atom is -0.358 e. The summed E-state index contributed by atoms with van der Waals surface area (Å²) in [5.74, 6) is 0. The molecule has 0 atom stereocenters. The SMILES string of the molecule is C.C.CC.CC.CC.[CH3-].[CH3-].[W+2].c1ccccc1.c1ccccc1. The van der Waals surface area contributed by atoms with Gasteiger partial charge in [0.2, 0.25) is 0 Å². The van der Waals surface area contributed by atoms with Crippen LogP contribution in [0.5, 0.6) is 0 Å². The first-order chi connectivity index (χ1) is 9.00. The Morgan fingerprint density at radius 1 is 0.304 bits per heavy atom. The normalized spacial score (nSPS) is 4.96. The summed E-state index contributed by atoms with van der Waals surface area (Å²) in [5.41, 5.74) is 0. The standard InChI is InChI=1S/2C6H6.3C2H6.2CH4.2CH3.W/c2*1-2-4-6-5-3-1;3*1-2;;;;;/h2*1-6H;3*1-2H3;2*1H4;2*1H3;/q;;;;;;;2*-1;+2. The summed E-state index contributed by atoms with van der Waals surface area (Å²) >= 11 is 0. The molecule has 23 heavy (non-hydrogen) atoms. The molecule has 1 heteroatoms. The third-order valence-electron chi connectivity index (χ3n) is 1.33. The van der Waals surface area contributed by atoms with E-state index in [1.54, 1.807) is 0 Å². The van der Waals surface area contributed by atoms with E-state index in [0.717, 1.165) is 0 Å². The Morgan fingerprint density at radius 2 is 0.348 bits per heavy atom. The van der Waals surface area contributed by atoms with Gasteiger partial charge in [-0.05, 0) is 0 Å². The van der Waals surface area contributed by atoms with Crippen molar-refractivity contribution >= 4 is 0 Å². The number of hydrogen-bond donors (Lipinski definition) is 0. The van der Waals surface area contributed by atoms with Crippen molar-refractivity contribution in [2.45, 2.75) is 56.4 Å². The molecule has 0 radical (unpaired) electrons. The number of rotatable bonds is 0. The summed E-state index contributed by atoms with van der Waals surface area (Å²) in [6.07, 6.45) is 0. The summed E-state index contributed by atoms with van der Waals surface area (Å²) in [4.78, 5) is 0. The smallest absolute Gasteiger partial charge is 0.358 e. The fourth-order valence-electron chi connectivity index (χ4n) is 0.770. The maximum Gasteiger partial charge on any atom is 2.00 e. The van der Waals surface area contributed by atoms with Crippen LogP contribution in [-0.4, -0.2) is 0 Å². The summed E-state index contributed by atoms with van der Waals surface area (Å²) in [6.45, 7) is 12.0. The predicted octanol–water partition coefficient (Wildman–Crippen LogP) is 8.62. The van der Waals surface area contributed by atoms with E-state index < -0.39 is 0 Å². The summed E-state index contributed by atoms with van der Waals surface area (Å²) < 4.78 is 0. The molecule has 0 amide bonds. The van der Waals surface area contributed by atoms with Gasteiger partial charge in [-0.1, -0.05) is 129 Å². The van der Waals surface area contributed by atoms with Crippen molar-refractivity contribution in [3.63, 3.8) is 0 Å². The molecule has 0 saturated carbocycles. The fourth-order valence-corrected chi connectivity index (χ4v) is 0.770. The van der Waals surface area contributed by atoms with Gasteiger partial charge in [0.15, 0.2) is 0 Å². The van der Waals surface area contributed by atoms with Crippen molar-refractivity contribution in [2.24, 2.45) is 0 Å². The van der Waals surface area contributed by atoms with E-state index in [1.165, 1.54) is 0 Å². The average molecular weight is 492 g/mol. The molecule has 0 unspecified atom stereocenters. The van der Waals surface area contributed by atoms with Crippen LogP contribution in [0.15, 0.2) is 72.8 Å². The second kappa shape index (κ2) is 69.1. The Labute approximate surface area is 165 Å². The average Bonchev–Trinajstić information content (AvgIpc) is 2.57. The van der Waals surface area contributed by atoms with Crippen molar-refractivity contribution in [3.8, 4) is 0 Å². The van der Waals surface area contributed by atoms with Crippen molar-refractivity contribution < 1.29 is 21.1 Å². The van der Waals surface area contributed by atoms with Crippen LogP contribution in [0, 0.1) is 14.9 Å². The molecule has 2 aromatic rings. The Kier molecular flexibility index (Phi) is 149. The van der Waals surface area contributed by atoms with Crippen LogP contribution < -0.4 is 0 Å². The zero-order valence-corrected chi connectivity index (χ0v) is 18.3. The van der Waals surface area contributed by atoms with Crippen LogP contribution in [0.1, 0.15) is 56.4 Å². The van der Waals surface area contributed by atoms with Gasteiger partial charge in [0, 0.05) is 0 Å². The number of benzene rings is 2. The maximum atomic E-state index is 2.00. The molecule has 2 rings (SSSR count). The van der Waals surface area contributed by atoms with E-state index in [0.29, 0.717) is 0 Å². The molecule has 138 valence electrons. The number of hydrogen-bond acceptors (Lipinski definition) is 0. The van der Waals surface area contributed by atoms with Gasteiger partial charge in [0.1, 0.15) is 0 Å². The zero-order chi connectivity index (χ0) is 14.5. The van der Waals surface area contributed by atoms with Crippen LogP contribution in [0.25, 0.3) is 0 Å². The molecule has 0 spiro atoms. The first-order valence-electron chi connectivity index (χ1n) is 7.00. The van der Waals surface area contributed by atoms with Crippen LogP contribution in [0.4, 0.5) is 0 Å². The summed E-state index contributed by atoms with van der Waals surface area (Å²) in [6, 6.07) is 24.0. The molecule has 0 heterocycles. The van der Waals surface area contributed by atoms with E-state index in [2.05, 4.69) is 0 Å². The maximum absolute atomic E-state index is 2.00. The van der Waals surface area contributed by atoms with E-state index >= 15 is 0 Å². The second-order valence-electron chi connectivity index (χ2n) is 2.31. The molecule has 0 fully saturated rings. The third kappa shape index (κ3) is 62.4. The molecule has 0 aliphatic carbocycles. The van der Waals surface area contributed by atoms with E-state index in [-0.39, 0.29) is 50.8 Å². The van der Waals surface area contributed by atoms with Crippen molar-refractivity contribution in [1.29, 1.82) is 0 Å². The molecule has 2 aromatic carbocycles. The second-order valence-corrected chi connectivity index (χ2v) is 2.31. The van der Waals surface area contributed by atoms with Crippen LogP contribution >= 0.6 is 0 Å². The van der Waals surface area contributed by atoms with Gasteiger partial charge in [-0.2, -0.15) is 0 Å². The Hall–Kier alpha value is -0.872. The van der Waals surface area contributed by atoms with Crippen LogP contribution in [-0.2, 0) is 21.1 Å². The predicted molar refractivity (Wildman–Crippen MR) is 113 cm³/mol. The first kappa shape index (κ1) is 49.5. The van der Waals surface area contributed by atoms with Gasteiger partial charge in [0.25, 0.3) is 0 Å². The molecular weight excluding hydrogens is 448 g/mol. The van der Waals surface area contributed by atoms with E-state index in [9.17, 15) is 0 Å².